The lowest BCUT2D eigenvalue weighted by atomic mass is 10.2. The maximum Gasteiger partial charge on any atom is 0.342 e. The van der Waals surface area contributed by atoms with E-state index in [0.717, 1.165) is 11.0 Å². The number of aromatic carboxylic acids is 1. The fourth-order valence-corrected chi connectivity index (χ4v) is 2.14. The fourth-order valence-electron chi connectivity index (χ4n) is 1.62. The van der Waals surface area contributed by atoms with Gasteiger partial charge in [-0.3, -0.25) is 0 Å². The Labute approximate surface area is 114 Å². The summed E-state index contributed by atoms with van der Waals surface area (Å²) in [6.07, 6.45) is 1.88. The number of para-hydroxylation sites is 1. The Balaban J connectivity index is 2.44. The van der Waals surface area contributed by atoms with Crippen LogP contribution in [0, 0.1) is 5.82 Å². The van der Waals surface area contributed by atoms with Gasteiger partial charge in [-0.2, -0.15) is 0 Å². The zero-order chi connectivity index (χ0) is 13.8. The number of carboxylic acid groups (broad SMARTS) is 1. The second kappa shape index (κ2) is 5.75. The van der Waals surface area contributed by atoms with Gasteiger partial charge in [0.2, 0.25) is 0 Å². The highest BCUT2D eigenvalue weighted by molar-refractivity contribution is 7.98. The molecule has 0 fully saturated rings. The molecular formula is C14H11FO3S. The number of carbonyl (C=O) groups is 1. The van der Waals surface area contributed by atoms with Crippen molar-refractivity contribution in [2.45, 2.75) is 4.90 Å². The van der Waals surface area contributed by atoms with Crippen LogP contribution >= 0.6 is 11.8 Å². The van der Waals surface area contributed by atoms with Crippen LogP contribution in [0.2, 0.25) is 0 Å². The smallest absolute Gasteiger partial charge is 0.342 e. The van der Waals surface area contributed by atoms with Crippen molar-refractivity contribution in [1.82, 2.24) is 0 Å². The number of thioether (sulfide) groups is 1. The molecule has 0 aromatic heterocycles. The first-order valence-corrected chi connectivity index (χ1v) is 6.68. The van der Waals surface area contributed by atoms with Gasteiger partial charge in [-0.25, -0.2) is 9.18 Å². The van der Waals surface area contributed by atoms with E-state index in [9.17, 15) is 9.18 Å². The lowest BCUT2D eigenvalue weighted by Gasteiger charge is -2.11. The van der Waals surface area contributed by atoms with Gasteiger partial charge in [0.15, 0.2) is 0 Å². The predicted octanol–water partition coefficient (Wildman–Crippen LogP) is 4.04. The van der Waals surface area contributed by atoms with Crippen LogP contribution in [0.4, 0.5) is 4.39 Å². The summed E-state index contributed by atoms with van der Waals surface area (Å²) >= 11 is 1.47. The van der Waals surface area contributed by atoms with Gasteiger partial charge in [0.25, 0.3) is 0 Å². The second-order valence-electron chi connectivity index (χ2n) is 3.67. The molecule has 3 nitrogen and oxygen atoms in total. The van der Waals surface area contributed by atoms with Crippen molar-refractivity contribution in [3.8, 4) is 11.5 Å². The van der Waals surface area contributed by atoms with Gasteiger partial charge < -0.3 is 9.84 Å². The van der Waals surface area contributed by atoms with Gasteiger partial charge in [0.05, 0.1) is 0 Å². The number of benzene rings is 2. The van der Waals surface area contributed by atoms with E-state index in [1.165, 1.54) is 23.9 Å². The van der Waals surface area contributed by atoms with E-state index in [-0.39, 0.29) is 5.75 Å². The summed E-state index contributed by atoms with van der Waals surface area (Å²) in [7, 11) is 0. The molecule has 0 aliphatic heterocycles. The van der Waals surface area contributed by atoms with Gasteiger partial charge in [-0.1, -0.05) is 18.2 Å². The first-order chi connectivity index (χ1) is 9.13. The summed E-state index contributed by atoms with van der Waals surface area (Å²) in [6.45, 7) is 0. The topological polar surface area (TPSA) is 46.5 Å². The zero-order valence-electron chi connectivity index (χ0n) is 10.1. The minimum Gasteiger partial charge on any atom is -0.477 e. The minimum atomic E-state index is -1.35. The largest absolute Gasteiger partial charge is 0.477 e. The van der Waals surface area contributed by atoms with Crippen LogP contribution in [0.5, 0.6) is 11.5 Å². The monoisotopic (exact) mass is 278 g/mol. The third-order valence-electron chi connectivity index (χ3n) is 2.48. The van der Waals surface area contributed by atoms with Crippen LogP contribution < -0.4 is 4.74 Å². The Morgan fingerprint density at radius 2 is 1.84 bits per heavy atom. The third-order valence-corrected chi connectivity index (χ3v) is 3.26. The van der Waals surface area contributed by atoms with Crippen molar-refractivity contribution >= 4 is 17.7 Å². The first kappa shape index (κ1) is 13.4. The number of carboxylic acids is 1. The summed E-state index contributed by atoms with van der Waals surface area (Å²) in [4.78, 5) is 11.9. The van der Waals surface area contributed by atoms with Crippen molar-refractivity contribution in [2.75, 3.05) is 6.26 Å². The Bertz CT molecular complexity index is 613. The summed E-state index contributed by atoms with van der Waals surface area (Å²) in [5.74, 6) is -1.67. The number of rotatable bonds is 4. The Kier molecular flexibility index (Phi) is 4.06. The highest BCUT2D eigenvalue weighted by atomic mass is 32.2. The van der Waals surface area contributed by atoms with E-state index >= 15 is 0 Å². The first-order valence-electron chi connectivity index (χ1n) is 5.46. The Morgan fingerprint density at radius 3 is 2.53 bits per heavy atom. The van der Waals surface area contributed by atoms with Crippen LogP contribution in [0.15, 0.2) is 47.4 Å². The predicted molar refractivity (Wildman–Crippen MR) is 71.7 cm³/mol. The third kappa shape index (κ3) is 2.88. The van der Waals surface area contributed by atoms with Crippen molar-refractivity contribution in [3.63, 3.8) is 0 Å². The van der Waals surface area contributed by atoms with E-state index in [4.69, 9.17) is 9.84 Å². The highest BCUT2D eigenvalue weighted by Crippen LogP contribution is 2.33. The lowest BCUT2D eigenvalue weighted by Crippen LogP contribution is -2.03. The lowest BCUT2D eigenvalue weighted by molar-refractivity contribution is 0.0689. The molecule has 0 bridgehead atoms. The fraction of sp³-hybridized carbons (Fsp3) is 0.0714. The van der Waals surface area contributed by atoms with Crippen LogP contribution in [0.25, 0.3) is 0 Å². The maximum atomic E-state index is 13.5. The van der Waals surface area contributed by atoms with Gasteiger partial charge in [0, 0.05) is 4.90 Å². The molecule has 0 amide bonds. The van der Waals surface area contributed by atoms with Crippen LogP contribution in [-0.4, -0.2) is 17.3 Å². The van der Waals surface area contributed by atoms with E-state index in [1.54, 1.807) is 12.1 Å². The molecule has 0 unspecified atom stereocenters. The second-order valence-corrected chi connectivity index (χ2v) is 4.52. The van der Waals surface area contributed by atoms with Gasteiger partial charge in [-0.15, -0.1) is 11.8 Å². The summed E-state index contributed by atoms with van der Waals surface area (Å²) < 4.78 is 19.1. The number of ether oxygens (including phenoxy) is 1. The van der Waals surface area contributed by atoms with Crippen molar-refractivity contribution in [2.24, 2.45) is 0 Å². The molecule has 0 saturated carbocycles. The molecule has 2 rings (SSSR count). The summed E-state index contributed by atoms with van der Waals surface area (Å²) in [5, 5.41) is 9.03. The van der Waals surface area contributed by atoms with Crippen LogP contribution in [0.1, 0.15) is 10.4 Å². The van der Waals surface area contributed by atoms with Gasteiger partial charge in [0.1, 0.15) is 22.9 Å². The Morgan fingerprint density at radius 1 is 1.16 bits per heavy atom. The van der Waals surface area contributed by atoms with Crippen LogP contribution in [0.3, 0.4) is 0 Å². The molecule has 0 radical (unpaired) electrons. The molecule has 0 saturated heterocycles. The molecule has 0 aliphatic carbocycles. The minimum absolute atomic E-state index is 0.00556. The average molecular weight is 278 g/mol. The summed E-state index contributed by atoms with van der Waals surface area (Å²) in [6, 6.07) is 11.1. The molecule has 0 atom stereocenters. The molecule has 2 aromatic rings. The number of hydrogen-bond acceptors (Lipinski definition) is 3. The van der Waals surface area contributed by atoms with Crippen molar-refractivity contribution in [3.05, 3.63) is 53.8 Å². The zero-order valence-corrected chi connectivity index (χ0v) is 10.9. The molecule has 0 spiro atoms. The Hall–Kier alpha value is -2.01. The van der Waals surface area contributed by atoms with Gasteiger partial charge in [-0.05, 0) is 30.5 Å². The molecule has 1 N–H and O–H groups in total. The average Bonchev–Trinajstić information content (AvgIpc) is 2.39. The standard InChI is InChI=1S/C14H11FO3S/c1-19-12-8-3-2-6-10(12)18-11-7-4-5-9(15)13(11)14(16)17/h2-8H,1H3,(H,16,17). The van der Waals surface area contributed by atoms with E-state index in [1.807, 2.05) is 18.4 Å². The molecule has 19 heavy (non-hydrogen) atoms. The van der Waals surface area contributed by atoms with E-state index in [0.29, 0.717) is 5.75 Å². The number of hydrogen-bond donors (Lipinski definition) is 1. The quantitative estimate of drug-likeness (QED) is 0.857. The molecule has 0 aliphatic rings. The molecule has 98 valence electrons. The van der Waals surface area contributed by atoms with Gasteiger partial charge >= 0.3 is 5.97 Å². The molecular weight excluding hydrogens is 267 g/mol. The molecule has 2 aromatic carbocycles. The van der Waals surface area contributed by atoms with Crippen molar-refractivity contribution in [1.29, 1.82) is 0 Å². The highest BCUT2D eigenvalue weighted by Gasteiger charge is 2.18. The van der Waals surface area contributed by atoms with E-state index < -0.39 is 17.3 Å². The number of halogens is 1. The molecule has 5 heteroatoms. The maximum absolute atomic E-state index is 13.5. The van der Waals surface area contributed by atoms with Crippen molar-refractivity contribution < 1.29 is 19.0 Å². The van der Waals surface area contributed by atoms with Crippen LogP contribution in [-0.2, 0) is 0 Å². The normalized spacial score (nSPS) is 10.2. The molecule has 0 heterocycles. The summed E-state index contributed by atoms with van der Waals surface area (Å²) in [5.41, 5.74) is -0.460. The van der Waals surface area contributed by atoms with E-state index in [2.05, 4.69) is 0 Å². The SMILES string of the molecule is CSc1ccccc1Oc1cccc(F)c1C(=O)O.